The van der Waals surface area contributed by atoms with E-state index in [-0.39, 0.29) is 42.0 Å². The maximum absolute atomic E-state index is 13.7. The first-order valence-electron chi connectivity index (χ1n) is 13.1. The summed E-state index contributed by atoms with van der Waals surface area (Å²) in [6, 6.07) is 24.8. The molecule has 0 bridgehead atoms. The Morgan fingerprint density at radius 2 is 1.79 bits per heavy atom. The number of furan rings is 1. The van der Waals surface area contributed by atoms with Gasteiger partial charge < -0.3 is 19.4 Å². The van der Waals surface area contributed by atoms with Gasteiger partial charge in [-0.3, -0.25) is 9.59 Å². The Morgan fingerprint density at radius 1 is 1.03 bits per heavy atom. The quantitative estimate of drug-likeness (QED) is 0.303. The van der Waals surface area contributed by atoms with E-state index >= 15 is 0 Å². The van der Waals surface area contributed by atoms with Gasteiger partial charge in [0.15, 0.2) is 5.76 Å². The molecular weight excluding hydrogens is 495 g/mol. The molecule has 6 nitrogen and oxygen atoms in total. The van der Waals surface area contributed by atoms with Gasteiger partial charge in [0.25, 0.3) is 5.91 Å². The third-order valence-electron chi connectivity index (χ3n) is 6.87. The largest absolute Gasteiger partial charge is 0.486 e. The zero-order valence-corrected chi connectivity index (χ0v) is 22.0. The number of nitrogens with zero attached hydrogens (tertiary/aromatic N) is 1. The number of ether oxygens (including phenoxy) is 1. The fourth-order valence-electron chi connectivity index (χ4n) is 4.85. The predicted octanol–water partition coefficient (Wildman–Crippen LogP) is 6.06. The topological polar surface area (TPSA) is 71.8 Å². The van der Waals surface area contributed by atoms with Crippen LogP contribution in [-0.2, 0) is 24.4 Å². The maximum atomic E-state index is 13.7. The van der Waals surface area contributed by atoms with Crippen molar-refractivity contribution in [3.63, 3.8) is 0 Å². The third kappa shape index (κ3) is 6.03. The molecule has 2 amide bonds. The Bertz CT molecular complexity index is 1450. The van der Waals surface area contributed by atoms with Crippen molar-refractivity contribution in [3.8, 4) is 5.75 Å². The predicted molar refractivity (Wildman–Crippen MR) is 146 cm³/mol. The summed E-state index contributed by atoms with van der Waals surface area (Å²) in [6.45, 7) is 4.92. The lowest BCUT2D eigenvalue weighted by Crippen LogP contribution is -2.42. The zero-order chi connectivity index (χ0) is 27.4. The van der Waals surface area contributed by atoms with Crippen molar-refractivity contribution in [2.75, 3.05) is 6.54 Å². The second-order valence-corrected chi connectivity index (χ2v) is 9.97. The van der Waals surface area contributed by atoms with Gasteiger partial charge in [-0.05, 0) is 65.1 Å². The van der Waals surface area contributed by atoms with Crippen molar-refractivity contribution in [3.05, 3.63) is 125 Å². The summed E-state index contributed by atoms with van der Waals surface area (Å²) in [5.41, 5.74) is 3.93. The molecule has 1 atom stereocenters. The second-order valence-electron chi connectivity index (χ2n) is 9.97. The van der Waals surface area contributed by atoms with Crippen LogP contribution in [0.4, 0.5) is 4.39 Å². The number of fused-ring (bicyclic) bond motifs is 1. The summed E-state index contributed by atoms with van der Waals surface area (Å²) in [5, 5.41) is 2.85. The van der Waals surface area contributed by atoms with Gasteiger partial charge in [-0.1, -0.05) is 62.4 Å². The molecule has 0 fully saturated rings. The van der Waals surface area contributed by atoms with Crippen LogP contribution in [0.2, 0.25) is 0 Å². The van der Waals surface area contributed by atoms with Crippen molar-refractivity contribution in [1.82, 2.24) is 10.2 Å². The molecular formula is C32H31FN2O4. The summed E-state index contributed by atoms with van der Waals surface area (Å²) in [4.78, 5) is 27.5. The third-order valence-corrected chi connectivity index (χ3v) is 6.87. The Morgan fingerprint density at radius 3 is 2.54 bits per heavy atom. The summed E-state index contributed by atoms with van der Waals surface area (Å²) >= 11 is 0. The van der Waals surface area contributed by atoms with Crippen molar-refractivity contribution < 1.29 is 23.1 Å². The van der Waals surface area contributed by atoms with Crippen molar-refractivity contribution >= 4 is 11.8 Å². The summed E-state index contributed by atoms with van der Waals surface area (Å²) in [5.74, 6) is 0.627. The van der Waals surface area contributed by atoms with E-state index in [0.29, 0.717) is 24.6 Å². The average Bonchev–Trinajstić information content (AvgIpc) is 3.44. The molecule has 2 heterocycles. The first kappa shape index (κ1) is 26.2. The number of benzene rings is 3. The molecule has 0 spiro atoms. The Balaban J connectivity index is 1.31. The number of hydrogen-bond donors (Lipinski definition) is 1. The van der Waals surface area contributed by atoms with E-state index in [9.17, 15) is 14.0 Å². The van der Waals surface area contributed by atoms with Gasteiger partial charge in [0.1, 0.15) is 23.9 Å². The summed E-state index contributed by atoms with van der Waals surface area (Å²) in [7, 11) is 0. The molecule has 0 saturated heterocycles. The fourth-order valence-corrected chi connectivity index (χ4v) is 4.85. The number of rotatable bonds is 8. The monoisotopic (exact) mass is 526 g/mol. The normalized spacial score (nSPS) is 14.7. The highest BCUT2D eigenvalue weighted by atomic mass is 19.1. The molecule has 0 unspecified atom stereocenters. The minimum atomic E-state index is -0.337. The lowest BCUT2D eigenvalue weighted by molar-refractivity contribution is -0.136. The van der Waals surface area contributed by atoms with E-state index < -0.39 is 0 Å². The van der Waals surface area contributed by atoms with Crippen LogP contribution in [0, 0.1) is 11.7 Å². The molecule has 0 radical (unpaired) electrons. The van der Waals surface area contributed by atoms with Gasteiger partial charge in [-0.25, -0.2) is 4.39 Å². The van der Waals surface area contributed by atoms with Crippen molar-refractivity contribution in [1.29, 1.82) is 0 Å². The highest BCUT2D eigenvalue weighted by molar-refractivity contribution is 5.91. The van der Waals surface area contributed by atoms with E-state index in [1.54, 1.807) is 24.3 Å². The lowest BCUT2D eigenvalue weighted by atomic mass is 9.87. The molecule has 200 valence electrons. The molecule has 3 aromatic carbocycles. The molecule has 1 aliphatic heterocycles. The standard InChI is InChI=1S/C32H31FN2O4/c1-21(2)32(37)35-17-16-23-10-13-26(18-28(23)30(35)24-8-11-25(33)12-9-24)38-20-27-14-15-29(39-27)31(36)34-19-22-6-4-3-5-7-22/h3-15,18,21,30H,16-17,19-20H2,1-2H3,(H,34,36)/t30-/m0/s1. The van der Waals surface area contributed by atoms with Gasteiger partial charge >= 0.3 is 0 Å². The van der Waals surface area contributed by atoms with Crippen molar-refractivity contribution in [2.45, 2.75) is 39.5 Å². The van der Waals surface area contributed by atoms with E-state index in [0.717, 1.165) is 28.7 Å². The number of carbonyl (C=O) groups excluding carboxylic acids is 2. The van der Waals surface area contributed by atoms with Gasteiger partial charge in [0, 0.05) is 19.0 Å². The number of amides is 2. The Labute approximate surface area is 227 Å². The van der Waals surface area contributed by atoms with Crippen LogP contribution in [0.1, 0.15) is 58.5 Å². The SMILES string of the molecule is CC(C)C(=O)N1CCc2ccc(OCc3ccc(C(=O)NCc4ccccc4)o3)cc2[C@@H]1c1ccc(F)cc1. The second kappa shape index (κ2) is 11.6. The van der Waals surface area contributed by atoms with Crippen molar-refractivity contribution in [2.24, 2.45) is 5.92 Å². The highest BCUT2D eigenvalue weighted by Gasteiger charge is 2.33. The molecule has 1 aliphatic rings. The molecule has 5 rings (SSSR count). The molecule has 0 aliphatic carbocycles. The van der Waals surface area contributed by atoms with Crippen LogP contribution in [0.15, 0.2) is 89.3 Å². The Kier molecular flexibility index (Phi) is 7.77. The fraction of sp³-hybridized carbons (Fsp3) is 0.250. The lowest BCUT2D eigenvalue weighted by Gasteiger charge is -2.39. The number of hydrogen-bond acceptors (Lipinski definition) is 4. The van der Waals surface area contributed by atoms with Crippen LogP contribution in [0.3, 0.4) is 0 Å². The first-order valence-corrected chi connectivity index (χ1v) is 13.1. The van der Waals surface area contributed by atoms with Gasteiger partial charge in [-0.2, -0.15) is 0 Å². The van der Waals surface area contributed by atoms with Crippen LogP contribution >= 0.6 is 0 Å². The van der Waals surface area contributed by atoms with E-state index in [1.807, 2.05) is 67.3 Å². The highest BCUT2D eigenvalue weighted by Crippen LogP contribution is 2.38. The molecule has 1 N–H and O–H groups in total. The molecule has 7 heteroatoms. The molecule has 4 aromatic rings. The number of carbonyl (C=O) groups is 2. The maximum Gasteiger partial charge on any atom is 0.287 e. The van der Waals surface area contributed by atoms with E-state index in [4.69, 9.17) is 9.15 Å². The van der Waals surface area contributed by atoms with Crippen LogP contribution < -0.4 is 10.1 Å². The van der Waals surface area contributed by atoms with E-state index in [1.165, 1.54) is 12.1 Å². The molecule has 39 heavy (non-hydrogen) atoms. The zero-order valence-electron chi connectivity index (χ0n) is 22.0. The molecule has 0 saturated carbocycles. The summed E-state index contributed by atoms with van der Waals surface area (Å²) < 4.78 is 25.5. The Hall–Kier alpha value is -4.39. The van der Waals surface area contributed by atoms with Crippen LogP contribution in [-0.4, -0.2) is 23.3 Å². The number of nitrogens with one attached hydrogen (secondary N) is 1. The molecule has 1 aromatic heterocycles. The van der Waals surface area contributed by atoms with Gasteiger partial charge in [0.05, 0.1) is 6.04 Å². The van der Waals surface area contributed by atoms with Crippen LogP contribution in [0.25, 0.3) is 0 Å². The average molecular weight is 527 g/mol. The minimum absolute atomic E-state index is 0.0509. The smallest absolute Gasteiger partial charge is 0.287 e. The van der Waals surface area contributed by atoms with Gasteiger partial charge in [-0.15, -0.1) is 0 Å². The first-order chi connectivity index (χ1) is 18.9. The van der Waals surface area contributed by atoms with Crippen LogP contribution in [0.5, 0.6) is 5.75 Å². The van der Waals surface area contributed by atoms with Gasteiger partial charge in [0.2, 0.25) is 5.91 Å². The summed E-state index contributed by atoms with van der Waals surface area (Å²) in [6.07, 6.45) is 0.728. The minimum Gasteiger partial charge on any atom is -0.486 e. The number of halogens is 1. The van der Waals surface area contributed by atoms with E-state index in [2.05, 4.69) is 5.32 Å².